The van der Waals surface area contributed by atoms with Gasteiger partial charge in [-0.15, -0.1) is 21.8 Å². The van der Waals surface area contributed by atoms with Crippen LogP contribution in [0.5, 0.6) is 0 Å². The van der Waals surface area contributed by atoms with E-state index in [0.29, 0.717) is 5.88 Å². The third kappa shape index (κ3) is 1.81. The first-order valence-corrected chi connectivity index (χ1v) is 5.35. The maximum Gasteiger partial charge on any atom is 0.152 e. The summed E-state index contributed by atoms with van der Waals surface area (Å²) in [5, 5.41) is 7.72. The van der Waals surface area contributed by atoms with Gasteiger partial charge in [0.25, 0.3) is 0 Å². The molecule has 72 valence electrons. The van der Waals surface area contributed by atoms with Crippen LogP contribution in [0.2, 0.25) is 0 Å². The average Bonchev–Trinajstić information content (AvgIpc) is 2.65. The number of hydrogen-bond acceptors (Lipinski definition) is 2. The van der Waals surface area contributed by atoms with E-state index in [4.69, 9.17) is 11.6 Å². The van der Waals surface area contributed by atoms with Gasteiger partial charge in [-0.25, -0.2) is 0 Å². The third-order valence-electron chi connectivity index (χ3n) is 1.82. The van der Waals surface area contributed by atoms with Crippen LogP contribution in [0.25, 0.3) is 5.69 Å². The standard InChI is InChI=1S/C9H7BrClN3/c10-7-2-1-3-8(4-7)14-6-12-13-9(14)5-11/h1-4,6H,5H2. The number of aromatic nitrogens is 3. The fraction of sp³-hybridized carbons (Fsp3) is 0.111. The molecular weight excluding hydrogens is 265 g/mol. The summed E-state index contributed by atoms with van der Waals surface area (Å²) in [4.78, 5) is 0. The molecule has 0 unspecified atom stereocenters. The minimum absolute atomic E-state index is 0.354. The molecule has 0 spiro atoms. The maximum atomic E-state index is 5.73. The summed E-state index contributed by atoms with van der Waals surface area (Å²) in [6, 6.07) is 7.88. The van der Waals surface area contributed by atoms with Crippen LogP contribution in [0, 0.1) is 0 Å². The van der Waals surface area contributed by atoms with E-state index in [1.807, 2.05) is 28.8 Å². The molecule has 0 amide bonds. The van der Waals surface area contributed by atoms with Crippen molar-refractivity contribution >= 4 is 27.5 Å². The number of hydrogen-bond donors (Lipinski definition) is 0. The fourth-order valence-electron chi connectivity index (χ4n) is 1.19. The third-order valence-corrected chi connectivity index (χ3v) is 2.56. The number of alkyl halides is 1. The normalized spacial score (nSPS) is 10.4. The summed E-state index contributed by atoms with van der Waals surface area (Å²) in [5.41, 5.74) is 1.00. The zero-order valence-corrected chi connectivity index (χ0v) is 9.53. The minimum atomic E-state index is 0.354. The van der Waals surface area contributed by atoms with Gasteiger partial charge < -0.3 is 0 Å². The van der Waals surface area contributed by atoms with Crippen LogP contribution in [-0.4, -0.2) is 14.8 Å². The second-order valence-electron chi connectivity index (χ2n) is 2.73. The van der Waals surface area contributed by atoms with Crippen molar-refractivity contribution in [1.82, 2.24) is 14.8 Å². The first-order chi connectivity index (χ1) is 6.81. The minimum Gasteiger partial charge on any atom is -0.285 e. The molecule has 0 N–H and O–H groups in total. The van der Waals surface area contributed by atoms with Crippen LogP contribution in [0.4, 0.5) is 0 Å². The van der Waals surface area contributed by atoms with Crippen LogP contribution in [0.3, 0.4) is 0 Å². The Balaban J connectivity index is 2.49. The highest BCUT2D eigenvalue weighted by atomic mass is 79.9. The molecule has 0 aliphatic carbocycles. The van der Waals surface area contributed by atoms with Crippen molar-refractivity contribution in [1.29, 1.82) is 0 Å². The molecule has 0 saturated heterocycles. The van der Waals surface area contributed by atoms with E-state index < -0.39 is 0 Å². The molecule has 2 aromatic rings. The molecule has 0 saturated carbocycles. The molecule has 2 rings (SSSR count). The van der Waals surface area contributed by atoms with Crippen LogP contribution in [0.15, 0.2) is 35.1 Å². The van der Waals surface area contributed by atoms with Gasteiger partial charge in [-0.2, -0.15) is 0 Å². The smallest absolute Gasteiger partial charge is 0.152 e. The molecular formula is C9H7BrClN3. The summed E-state index contributed by atoms with van der Waals surface area (Å²) in [6.45, 7) is 0. The zero-order chi connectivity index (χ0) is 9.97. The summed E-state index contributed by atoms with van der Waals surface area (Å²) < 4.78 is 2.88. The van der Waals surface area contributed by atoms with Crippen LogP contribution in [0.1, 0.15) is 5.82 Å². The van der Waals surface area contributed by atoms with Gasteiger partial charge in [0.15, 0.2) is 5.82 Å². The van der Waals surface area contributed by atoms with Crippen molar-refractivity contribution in [2.45, 2.75) is 5.88 Å². The lowest BCUT2D eigenvalue weighted by Crippen LogP contribution is -1.97. The Hall–Kier alpha value is -0.870. The van der Waals surface area contributed by atoms with E-state index in [0.717, 1.165) is 16.0 Å². The number of rotatable bonds is 2. The molecule has 0 fully saturated rings. The first-order valence-electron chi connectivity index (χ1n) is 4.02. The number of nitrogens with zero attached hydrogens (tertiary/aromatic N) is 3. The van der Waals surface area contributed by atoms with Crippen molar-refractivity contribution in [2.75, 3.05) is 0 Å². The molecule has 1 heterocycles. The highest BCUT2D eigenvalue weighted by Crippen LogP contribution is 2.16. The van der Waals surface area contributed by atoms with Crippen molar-refractivity contribution in [2.24, 2.45) is 0 Å². The monoisotopic (exact) mass is 271 g/mol. The van der Waals surface area contributed by atoms with Crippen LogP contribution >= 0.6 is 27.5 Å². The lowest BCUT2D eigenvalue weighted by atomic mass is 10.3. The molecule has 5 heteroatoms. The van der Waals surface area contributed by atoms with Gasteiger partial charge in [0.2, 0.25) is 0 Å². The first kappa shape index (κ1) is 9.68. The van der Waals surface area contributed by atoms with E-state index in [-0.39, 0.29) is 0 Å². The maximum absolute atomic E-state index is 5.73. The second-order valence-corrected chi connectivity index (χ2v) is 3.91. The fourth-order valence-corrected chi connectivity index (χ4v) is 1.76. The van der Waals surface area contributed by atoms with Gasteiger partial charge in [-0.3, -0.25) is 4.57 Å². The molecule has 0 bridgehead atoms. The van der Waals surface area contributed by atoms with E-state index in [2.05, 4.69) is 26.1 Å². The van der Waals surface area contributed by atoms with Gasteiger partial charge >= 0.3 is 0 Å². The lowest BCUT2D eigenvalue weighted by Gasteiger charge is -2.04. The SMILES string of the molecule is ClCc1nncn1-c1cccc(Br)c1. The van der Waals surface area contributed by atoms with Crippen molar-refractivity contribution < 1.29 is 0 Å². The Morgan fingerprint density at radius 1 is 1.43 bits per heavy atom. The Morgan fingerprint density at radius 3 is 3.00 bits per heavy atom. The topological polar surface area (TPSA) is 30.7 Å². The van der Waals surface area contributed by atoms with Gasteiger partial charge in [-0.1, -0.05) is 22.0 Å². The van der Waals surface area contributed by atoms with Crippen molar-refractivity contribution in [3.8, 4) is 5.69 Å². The zero-order valence-electron chi connectivity index (χ0n) is 7.19. The number of halogens is 2. The molecule has 0 atom stereocenters. The van der Waals surface area contributed by atoms with Gasteiger partial charge in [0.05, 0.1) is 5.88 Å². The Bertz CT molecular complexity index is 441. The van der Waals surface area contributed by atoms with Crippen molar-refractivity contribution in [3.63, 3.8) is 0 Å². The predicted molar refractivity (Wildman–Crippen MR) is 58.6 cm³/mol. The van der Waals surface area contributed by atoms with Gasteiger partial charge in [0, 0.05) is 10.2 Å². The summed E-state index contributed by atoms with van der Waals surface area (Å²) >= 11 is 9.14. The molecule has 1 aromatic heterocycles. The van der Waals surface area contributed by atoms with E-state index in [1.54, 1.807) is 6.33 Å². The molecule has 0 aliphatic rings. The van der Waals surface area contributed by atoms with E-state index in [9.17, 15) is 0 Å². The largest absolute Gasteiger partial charge is 0.285 e. The van der Waals surface area contributed by atoms with Crippen molar-refractivity contribution in [3.05, 3.63) is 40.9 Å². The Labute approximate surface area is 94.9 Å². The Kier molecular flexibility index (Phi) is 2.84. The average molecular weight is 273 g/mol. The van der Waals surface area contributed by atoms with Gasteiger partial charge in [0.1, 0.15) is 6.33 Å². The summed E-state index contributed by atoms with van der Waals surface area (Å²) in [5.74, 6) is 1.09. The second kappa shape index (κ2) is 4.11. The summed E-state index contributed by atoms with van der Waals surface area (Å²) in [7, 11) is 0. The van der Waals surface area contributed by atoms with E-state index in [1.165, 1.54) is 0 Å². The molecule has 0 radical (unpaired) electrons. The Morgan fingerprint density at radius 2 is 2.29 bits per heavy atom. The number of benzene rings is 1. The van der Waals surface area contributed by atoms with Crippen LogP contribution in [-0.2, 0) is 5.88 Å². The molecule has 14 heavy (non-hydrogen) atoms. The summed E-state index contributed by atoms with van der Waals surface area (Å²) in [6.07, 6.45) is 1.65. The quantitative estimate of drug-likeness (QED) is 0.787. The van der Waals surface area contributed by atoms with E-state index >= 15 is 0 Å². The predicted octanol–water partition coefficient (Wildman–Crippen LogP) is 2.77. The molecule has 3 nitrogen and oxygen atoms in total. The highest BCUT2D eigenvalue weighted by Gasteiger charge is 2.04. The highest BCUT2D eigenvalue weighted by molar-refractivity contribution is 9.10. The lowest BCUT2D eigenvalue weighted by molar-refractivity contribution is 0.950. The van der Waals surface area contributed by atoms with Crippen LogP contribution < -0.4 is 0 Å². The molecule has 0 aliphatic heterocycles. The van der Waals surface area contributed by atoms with Gasteiger partial charge in [-0.05, 0) is 18.2 Å². The molecule has 1 aromatic carbocycles.